The Morgan fingerprint density at radius 1 is 0.925 bits per heavy atom. The molecule has 0 saturated carbocycles. The molecule has 3 rings (SSSR count). The summed E-state index contributed by atoms with van der Waals surface area (Å²) in [4.78, 5) is 28.7. The van der Waals surface area contributed by atoms with Gasteiger partial charge in [-0.3, -0.25) is 13.9 Å². The number of rotatable bonds is 13. The fourth-order valence-corrected chi connectivity index (χ4v) is 5.97. The molecular weight excluding hydrogens is 590 g/mol. The van der Waals surface area contributed by atoms with Gasteiger partial charge in [0, 0.05) is 36.9 Å². The molecule has 0 radical (unpaired) electrons. The van der Waals surface area contributed by atoms with Crippen LogP contribution in [0.3, 0.4) is 0 Å². The Bertz CT molecular complexity index is 1410. The summed E-state index contributed by atoms with van der Waals surface area (Å²) in [6, 6.07) is 22.1. The standard InChI is InChI=1S/C31H38BrN3O4S/c1-5-33-31(37)29(21-25-11-7-6-8-12-25)34(22-26-13-9-14-27(32)20-26)30(36)15-10-18-35(40(4,38)39)28-17-16-23(2)24(3)19-28/h6-9,11-14,16-17,19-20,29H,5,10,15,18,21-22H2,1-4H3,(H,33,37)/t29-/m1/s1. The second-order valence-electron chi connectivity index (χ2n) is 9.96. The number of carbonyl (C=O) groups is 2. The van der Waals surface area contributed by atoms with E-state index >= 15 is 0 Å². The molecule has 0 aliphatic heterocycles. The van der Waals surface area contributed by atoms with Crippen molar-refractivity contribution >= 4 is 43.5 Å². The fourth-order valence-electron chi connectivity index (χ4n) is 4.56. The molecule has 0 unspecified atom stereocenters. The number of benzene rings is 3. The fraction of sp³-hybridized carbons (Fsp3) is 0.355. The van der Waals surface area contributed by atoms with Crippen LogP contribution in [-0.4, -0.2) is 50.5 Å². The minimum Gasteiger partial charge on any atom is -0.355 e. The Morgan fingerprint density at radius 2 is 1.62 bits per heavy atom. The summed E-state index contributed by atoms with van der Waals surface area (Å²) in [6.45, 7) is 6.62. The van der Waals surface area contributed by atoms with Gasteiger partial charge in [-0.25, -0.2) is 8.42 Å². The molecule has 40 heavy (non-hydrogen) atoms. The Hall–Kier alpha value is -3.17. The van der Waals surface area contributed by atoms with E-state index in [0.29, 0.717) is 25.1 Å². The molecule has 3 aromatic carbocycles. The Kier molecular flexibility index (Phi) is 11.3. The van der Waals surface area contributed by atoms with E-state index in [1.807, 2.05) is 87.5 Å². The van der Waals surface area contributed by atoms with E-state index < -0.39 is 16.1 Å². The summed E-state index contributed by atoms with van der Waals surface area (Å²) in [5.74, 6) is -0.428. The van der Waals surface area contributed by atoms with Gasteiger partial charge in [0.2, 0.25) is 21.8 Å². The van der Waals surface area contributed by atoms with Crippen molar-refractivity contribution < 1.29 is 18.0 Å². The highest BCUT2D eigenvalue weighted by atomic mass is 79.9. The minimum absolute atomic E-state index is 0.0928. The first-order chi connectivity index (χ1) is 19.0. The van der Waals surface area contributed by atoms with Crippen molar-refractivity contribution in [2.45, 2.75) is 52.6 Å². The number of nitrogens with one attached hydrogen (secondary N) is 1. The van der Waals surface area contributed by atoms with E-state index in [2.05, 4.69) is 21.2 Å². The molecule has 0 aromatic heterocycles. The van der Waals surface area contributed by atoms with Crippen LogP contribution in [0, 0.1) is 13.8 Å². The van der Waals surface area contributed by atoms with Gasteiger partial charge in [0.15, 0.2) is 0 Å². The summed E-state index contributed by atoms with van der Waals surface area (Å²) < 4.78 is 27.5. The Morgan fingerprint density at radius 3 is 2.25 bits per heavy atom. The third kappa shape index (κ3) is 8.93. The van der Waals surface area contributed by atoms with Crippen LogP contribution in [0.15, 0.2) is 77.3 Å². The van der Waals surface area contributed by atoms with Gasteiger partial charge in [-0.05, 0) is 73.7 Å². The maximum atomic E-state index is 13.8. The van der Waals surface area contributed by atoms with E-state index in [1.54, 1.807) is 11.0 Å². The first kappa shape index (κ1) is 31.4. The van der Waals surface area contributed by atoms with Gasteiger partial charge >= 0.3 is 0 Å². The van der Waals surface area contributed by atoms with Gasteiger partial charge in [-0.2, -0.15) is 0 Å². The molecule has 0 aliphatic carbocycles. The van der Waals surface area contributed by atoms with Crippen LogP contribution in [0.5, 0.6) is 0 Å². The van der Waals surface area contributed by atoms with Gasteiger partial charge in [0.25, 0.3) is 0 Å². The zero-order valence-corrected chi connectivity index (χ0v) is 26.0. The van der Waals surface area contributed by atoms with E-state index in [0.717, 1.165) is 26.7 Å². The number of halogens is 1. The number of nitrogens with zero attached hydrogens (tertiary/aromatic N) is 2. The van der Waals surface area contributed by atoms with Gasteiger partial charge in [0.1, 0.15) is 6.04 Å². The highest BCUT2D eigenvalue weighted by Gasteiger charge is 2.30. The molecule has 0 fully saturated rings. The topological polar surface area (TPSA) is 86.8 Å². The molecule has 214 valence electrons. The maximum Gasteiger partial charge on any atom is 0.243 e. The summed E-state index contributed by atoms with van der Waals surface area (Å²) in [5, 5.41) is 2.89. The van der Waals surface area contributed by atoms with Crippen LogP contribution >= 0.6 is 15.9 Å². The van der Waals surface area contributed by atoms with Crippen molar-refractivity contribution in [1.82, 2.24) is 10.2 Å². The van der Waals surface area contributed by atoms with Crippen LogP contribution in [0.2, 0.25) is 0 Å². The largest absolute Gasteiger partial charge is 0.355 e. The molecule has 1 N–H and O–H groups in total. The van der Waals surface area contributed by atoms with Gasteiger partial charge in [0.05, 0.1) is 11.9 Å². The first-order valence-corrected chi connectivity index (χ1v) is 16.0. The Balaban J connectivity index is 1.87. The average molecular weight is 629 g/mol. The lowest BCUT2D eigenvalue weighted by Gasteiger charge is -2.32. The molecule has 0 aliphatic rings. The lowest BCUT2D eigenvalue weighted by molar-refractivity contribution is -0.141. The number of anilines is 1. The van der Waals surface area contributed by atoms with Crippen LogP contribution in [0.25, 0.3) is 0 Å². The summed E-state index contributed by atoms with van der Waals surface area (Å²) in [7, 11) is -3.56. The van der Waals surface area contributed by atoms with Gasteiger partial charge < -0.3 is 10.2 Å². The number of amides is 2. The molecule has 0 saturated heterocycles. The van der Waals surface area contributed by atoms with E-state index in [9.17, 15) is 18.0 Å². The summed E-state index contributed by atoms with van der Waals surface area (Å²) in [5.41, 5.74) is 4.48. The highest BCUT2D eigenvalue weighted by molar-refractivity contribution is 9.10. The minimum atomic E-state index is -3.56. The highest BCUT2D eigenvalue weighted by Crippen LogP contribution is 2.23. The molecule has 2 amide bonds. The zero-order valence-electron chi connectivity index (χ0n) is 23.6. The second kappa shape index (κ2) is 14.5. The first-order valence-electron chi connectivity index (χ1n) is 13.4. The van der Waals surface area contributed by atoms with Crippen molar-refractivity contribution in [2.75, 3.05) is 23.7 Å². The number of hydrogen-bond donors (Lipinski definition) is 1. The number of hydrogen-bond acceptors (Lipinski definition) is 4. The lowest BCUT2D eigenvalue weighted by atomic mass is 10.0. The van der Waals surface area contributed by atoms with Crippen LogP contribution in [0.4, 0.5) is 5.69 Å². The molecule has 0 bridgehead atoms. The van der Waals surface area contributed by atoms with Crippen molar-refractivity contribution in [1.29, 1.82) is 0 Å². The van der Waals surface area contributed by atoms with Crippen LogP contribution in [0.1, 0.15) is 42.0 Å². The molecule has 3 aromatic rings. The predicted octanol–water partition coefficient (Wildman–Crippen LogP) is 5.39. The zero-order chi connectivity index (χ0) is 29.3. The normalized spacial score (nSPS) is 12.0. The molecule has 1 atom stereocenters. The summed E-state index contributed by atoms with van der Waals surface area (Å²) >= 11 is 3.50. The Labute approximate surface area is 246 Å². The van der Waals surface area contributed by atoms with E-state index in [-0.39, 0.29) is 31.3 Å². The average Bonchev–Trinajstić information content (AvgIpc) is 2.90. The number of aryl methyl sites for hydroxylation is 2. The van der Waals surface area contributed by atoms with Crippen molar-refractivity contribution in [3.63, 3.8) is 0 Å². The molecule has 0 heterocycles. The van der Waals surface area contributed by atoms with Crippen molar-refractivity contribution in [3.05, 3.63) is 99.5 Å². The predicted molar refractivity (Wildman–Crippen MR) is 165 cm³/mol. The second-order valence-corrected chi connectivity index (χ2v) is 12.8. The van der Waals surface area contributed by atoms with E-state index in [4.69, 9.17) is 0 Å². The smallest absolute Gasteiger partial charge is 0.243 e. The molecule has 9 heteroatoms. The molecule has 0 spiro atoms. The molecule has 7 nitrogen and oxygen atoms in total. The monoisotopic (exact) mass is 627 g/mol. The van der Waals surface area contributed by atoms with Crippen molar-refractivity contribution in [3.8, 4) is 0 Å². The quantitative estimate of drug-likeness (QED) is 0.275. The summed E-state index contributed by atoms with van der Waals surface area (Å²) in [6.07, 6.45) is 1.94. The number of sulfonamides is 1. The maximum absolute atomic E-state index is 13.8. The SMILES string of the molecule is CCNC(=O)[C@@H](Cc1ccccc1)N(Cc1cccc(Br)c1)C(=O)CCCN(c1ccc(C)c(C)c1)S(C)(=O)=O. The lowest BCUT2D eigenvalue weighted by Crippen LogP contribution is -2.50. The van der Waals surface area contributed by atoms with E-state index in [1.165, 1.54) is 10.6 Å². The third-order valence-corrected chi connectivity index (χ3v) is 8.48. The number of carbonyl (C=O) groups excluding carboxylic acids is 2. The number of likely N-dealkylation sites (N-methyl/N-ethyl adjacent to an activating group) is 1. The molecular formula is C31H38BrN3O4S. The van der Waals surface area contributed by atoms with Crippen LogP contribution < -0.4 is 9.62 Å². The van der Waals surface area contributed by atoms with Gasteiger partial charge in [-0.15, -0.1) is 0 Å². The third-order valence-electron chi connectivity index (χ3n) is 6.79. The van der Waals surface area contributed by atoms with Crippen molar-refractivity contribution in [2.24, 2.45) is 0 Å². The van der Waals surface area contributed by atoms with Crippen LogP contribution in [-0.2, 0) is 32.6 Å². The van der Waals surface area contributed by atoms with Gasteiger partial charge in [-0.1, -0.05) is 64.5 Å².